The standard InChI is InChI=1S/C16H13BF2O2/c1-12-11-16(21-17(18,19)20-12)15-9-7-14(8-10-15)13-5-3-2-4-6-13/h2-11H,1H3. The molecule has 0 saturated heterocycles. The van der Waals surface area contributed by atoms with Gasteiger partial charge < -0.3 is 17.6 Å². The molecule has 1 aliphatic heterocycles. The summed E-state index contributed by atoms with van der Waals surface area (Å²) in [7, 11) is -4.28. The smallest absolute Gasteiger partial charge is 0.572 e. The Kier molecular flexibility index (Phi) is 3.33. The van der Waals surface area contributed by atoms with Crippen LogP contribution >= 0.6 is 0 Å². The second-order valence-corrected chi connectivity index (χ2v) is 4.83. The average molecular weight is 286 g/mol. The van der Waals surface area contributed by atoms with Crippen molar-refractivity contribution in [3.8, 4) is 11.1 Å². The summed E-state index contributed by atoms with van der Waals surface area (Å²) in [5.41, 5.74) is 2.69. The van der Waals surface area contributed by atoms with Gasteiger partial charge >= 0.3 is 7.11 Å². The normalized spacial score (nSPS) is 16.7. The number of hydrogen-bond acceptors (Lipinski definition) is 1. The molecule has 0 fully saturated rings. The second-order valence-electron chi connectivity index (χ2n) is 4.83. The first kappa shape index (κ1) is 13.6. The Bertz CT molecular complexity index is 707. The molecule has 0 radical (unpaired) electrons. The Labute approximate surface area is 121 Å². The summed E-state index contributed by atoms with van der Waals surface area (Å²) < 4.78 is 35.6. The highest BCUT2D eigenvalue weighted by Crippen LogP contribution is 2.24. The fourth-order valence-corrected chi connectivity index (χ4v) is 2.25. The lowest BCUT2D eigenvalue weighted by molar-refractivity contribution is -0.189. The number of rotatable bonds is 2. The van der Waals surface area contributed by atoms with E-state index in [1.54, 1.807) is 12.1 Å². The maximum Gasteiger partial charge on any atom is 0.994 e. The lowest BCUT2D eigenvalue weighted by Gasteiger charge is -2.17. The molecule has 106 valence electrons. The van der Waals surface area contributed by atoms with Gasteiger partial charge in [-0.25, -0.2) is 0 Å². The van der Waals surface area contributed by atoms with Crippen molar-refractivity contribution in [2.45, 2.75) is 6.92 Å². The fourth-order valence-electron chi connectivity index (χ4n) is 2.25. The molecule has 0 spiro atoms. The van der Waals surface area contributed by atoms with Gasteiger partial charge in [0, 0.05) is 0 Å². The van der Waals surface area contributed by atoms with Crippen LogP contribution in [0.15, 0.2) is 66.4 Å². The van der Waals surface area contributed by atoms with Gasteiger partial charge in [0.05, 0.1) is 17.4 Å². The van der Waals surface area contributed by atoms with Gasteiger partial charge in [-0.3, -0.25) is 0 Å². The molecule has 0 atom stereocenters. The summed E-state index contributed by atoms with van der Waals surface area (Å²) in [6.45, 7) is 1.48. The van der Waals surface area contributed by atoms with Crippen molar-refractivity contribution >= 4 is 12.9 Å². The van der Waals surface area contributed by atoms with E-state index in [4.69, 9.17) is 0 Å². The summed E-state index contributed by atoms with van der Waals surface area (Å²) in [5.74, 6) is 0.275. The van der Waals surface area contributed by atoms with Crippen molar-refractivity contribution in [3.63, 3.8) is 0 Å². The van der Waals surface area contributed by atoms with Crippen LogP contribution in [-0.4, -0.2) is 12.9 Å². The molecule has 1 aliphatic rings. The zero-order valence-corrected chi connectivity index (χ0v) is 11.4. The van der Waals surface area contributed by atoms with E-state index in [2.05, 4.69) is 9.00 Å². The predicted molar refractivity (Wildman–Crippen MR) is 79.0 cm³/mol. The zero-order chi connectivity index (χ0) is 14.9. The number of allylic oxidation sites excluding steroid dienone is 2. The monoisotopic (exact) mass is 286 g/mol. The molecule has 0 aromatic heterocycles. The maximum atomic E-state index is 13.3. The minimum Gasteiger partial charge on any atom is -0.572 e. The van der Waals surface area contributed by atoms with Gasteiger partial charge in [-0.2, -0.15) is 0 Å². The molecular weight excluding hydrogens is 273 g/mol. The third-order valence-corrected chi connectivity index (χ3v) is 3.20. The molecule has 21 heavy (non-hydrogen) atoms. The highest BCUT2D eigenvalue weighted by atomic mass is 19.3. The third kappa shape index (κ3) is 3.02. The Morgan fingerprint density at radius 3 is 2.05 bits per heavy atom. The molecule has 0 aliphatic carbocycles. The predicted octanol–water partition coefficient (Wildman–Crippen LogP) is 4.38. The van der Waals surface area contributed by atoms with E-state index in [-0.39, 0.29) is 11.5 Å². The van der Waals surface area contributed by atoms with Crippen LogP contribution < -0.4 is 0 Å². The van der Waals surface area contributed by atoms with Crippen LogP contribution in [0.1, 0.15) is 16.8 Å². The zero-order valence-electron chi connectivity index (χ0n) is 11.4. The van der Waals surface area contributed by atoms with Crippen molar-refractivity contribution in [2.24, 2.45) is 0 Å². The topological polar surface area (TPSA) is 20.5 Å². The summed E-state index contributed by atoms with van der Waals surface area (Å²) >= 11 is 0. The van der Waals surface area contributed by atoms with Crippen LogP contribution in [0, 0.1) is 0 Å². The lowest BCUT2D eigenvalue weighted by atomic mass is 10.0. The molecule has 0 bridgehead atoms. The van der Waals surface area contributed by atoms with Crippen molar-refractivity contribution in [1.82, 2.24) is 0 Å². The van der Waals surface area contributed by atoms with Gasteiger partial charge in [-0.1, -0.05) is 42.5 Å². The number of benzene rings is 2. The first-order valence-corrected chi connectivity index (χ1v) is 6.63. The fraction of sp³-hybridized carbons (Fsp3) is 0.0625. The summed E-state index contributed by atoms with van der Waals surface area (Å²) in [5, 5.41) is 0. The quantitative estimate of drug-likeness (QED) is 0.592. The Balaban J connectivity index is 1.93. The second kappa shape index (κ2) is 5.16. The molecule has 0 saturated carbocycles. The van der Waals surface area contributed by atoms with Crippen LogP contribution in [0.3, 0.4) is 0 Å². The van der Waals surface area contributed by atoms with E-state index in [9.17, 15) is 8.63 Å². The van der Waals surface area contributed by atoms with Crippen LogP contribution in [0.25, 0.3) is 11.1 Å². The van der Waals surface area contributed by atoms with Crippen molar-refractivity contribution < 1.29 is 17.6 Å². The average Bonchev–Trinajstić information content (AvgIpc) is 2.46. The minimum atomic E-state index is -4.28. The van der Waals surface area contributed by atoms with Crippen molar-refractivity contribution in [2.75, 3.05) is 0 Å². The summed E-state index contributed by atoms with van der Waals surface area (Å²) in [6.07, 6.45) is 1.47. The van der Waals surface area contributed by atoms with Crippen LogP contribution in [0.4, 0.5) is 8.63 Å². The van der Waals surface area contributed by atoms with E-state index in [0.29, 0.717) is 5.56 Å². The van der Waals surface area contributed by atoms with Crippen molar-refractivity contribution in [1.29, 1.82) is 0 Å². The Morgan fingerprint density at radius 2 is 1.43 bits per heavy atom. The first-order chi connectivity index (χ1) is 10.0. The lowest BCUT2D eigenvalue weighted by Crippen LogP contribution is -2.30. The van der Waals surface area contributed by atoms with Crippen molar-refractivity contribution in [3.05, 3.63) is 72.0 Å². The molecule has 0 amide bonds. The van der Waals surface area contributed by atoms with Crippen LogP contribution in [0.5, 0.6) is 0 Å². The molecule has 1 heterocycles. The molecule has 2 nitrogen and oxygen atoms in total. The molecule has 3 rings (SSSR count). The van der Waals surface area contributed by atoms with Gasteiger partial charge in [0.25, 0.3) is 5.78 Å². The first-order valence-electron chi connectivity index (χ1n) is 6.63. The summed E-state index contributed by atoms with van der Waals surface area (Å²) in [6, 6.07) is 17.1. The molecule has 5 heteroatoms. The number of ketones is 1. The van der Waals surface area contributed by atoms with E-state index in [1.165, 1.54) is 13.0 Å². The summed E-state index contributed by atoms with van der Waals surface area (Å²) in [4.78, 5) is 0. The van der Waals surface area contributed by atoms with Gasteiger partial charge in [-0.15, -0.1) is 0 Å². The van der Waals surface area contributed by atoms with E-state index in [0.717, 1.165) is 11.1 Å². The van der Waals surface area contributed by atoms with E-state index < -0.39 is 7.11 Å². The SMILES string of the molecule is CC1=CC(c2ccc(-c3ccccc3)cc2)=[O+][B-](F)(F)O1. The highest BCUT2D eigenvalue weighted by molar-refractivity contribution is 6.51. The van der Waals surface area contributed by atoms with Crippen LogP contribution in [0.2, 0.25) is 0 Å². The highest BCUT2D eigenvalue weighted by Gasteiger charge is 2.52. The molecule has 2 aromatic carbocycles. The minimum absolute atomic E-state index is 0.128. The molecule has 0 unspecified atom stereocenters. The van der Waals surface area contributed by atoms with Crippen LogP contribution in [-0.2, 0) is 4.65 Å². The Morgan fingerprint density at radius 1 is 0.857 bits per heavy atom. The Hall–Kier alpha value is -2.43. The van der Waals surface area contributed by atoms with Gasteiger partial charge in [0.15, 0.2) is 0 Å². The third-order valence-electron chi connectivity index (χ3n) is 3.20. The molecular formula is C16H13BF2O2. The van der Waals surface area contributed by atoms with Gasteiger partial charge in [0.2, 0.25) is 0 Å². The maximum absolute atomic E-state index is 13.3. The van der Waals surface area contributed by atoms with E-state index in [1.807, 2.05) is 42.5 Å². The number of carbonyl (C=O) groups excluding carboxylic acids is 1. The number of hydrogen-bond donors (Lipinski definition) is 0. The molecule has 2 aromatic rings. The van der Waals surface area contributed by atoms with Gasteiger partial charge in [-0.05, 0) is 30.2 Å². The van der Waals surface area contributed by atoms with E-state index >= 15 is 0 Å². The van der Waals surface area contributed by atoms with Gasteiger partial charge in [0.1, 0.15) is 0 Å². The largest absolute Gasteiger partial charge is 0.994 e. The molecule has 0 N–H and O–H groups in total. The number of halogens is 2.